The Morgan fingerprint density at radius 2 is 2.03 bits per heavy atom. The van der Waals surface area contributed by atoms with E-state index >= 15 is 0 Å². The van der Waals surface area contributed by atoms with E-state index in [1.165, 1.54) is 24.7 Å². The lowest BCUT2D eigenvalue weighted by molar-refractivity contribution is -0.149. The molecule has 0 aliphatic rings. The Balaban J connectivity index is 2.14. The molecule has 0 aliphatic heterocycles. The van der Waals surface area contributed by atoms with Crippen LogP contribution in [-0.2, 0) is 23.4 Å². The summed E-state index contributed by atoms with van der Waals surface area (Å²) in [6.45, 7) is 7.68. The number of nitrogens with two attached hydrogens (primary N) is 1. The molecule has 36 heavy (non-hydrogen) atoms. The van der Waals surface area contributed by atoms with Crippen molar-refractivity contribution in [3.05, 3.63) is 6.33 Å². The average molecular weight is 533 g/mol. The molecule has 0 bridgehead atoms. The number of nitrogens with zero attached hydrogens (tertiary/aromatic N) is 5. The Bertz CT molecular complexity index is 1020. The molecule has 2 aromatic heterocycles. The second-order valence-corrected chi connectivity index (χ2v) is 9.60. The van der Waals surface area contributed by atoms with Crippen molar-refractivity contribution in [2.75, 3.05) is 37.5 Å². The summed E-state index contributed by atoms with van der Waals surface area (Å²) in [5.41, 5.74) is 6.57. The number of imidazole rings is 1. The number of rotatable bonds is 15. The van der Waals surface area contributed by atoms with Gasteiger partial charge in [-0.1, -0.05) is 12.0 Å². The smallest absolute Gasteiger partial charge is 0.462 e. The standard InChI is InChI=1S/C21H36FN7O6P/c1-7-8-28(6)18-17-19(26-21(23)25-18)29(11-24-17)16(9-22)35-15(14(5)30)10-33-36(32)27-13(4)20(31)34-12(2)3/h11-16,30H,7-10H2,1-6H3,(H,27,32)(H2,23,25,26)/q+1/t13-,14-,15?,16+/m0/s1. The minimum atomic E-state index is -2.50. The van der Waals surface area contributed by atoms with E-state index in [4.69, 9.17) is 19.7 Å². The van der Waals surface area contributed by atoms with E-state index in [1.54, 1.807) is 13.8 Å². The minimum absolute atomic E-state index is 0.0107. The maximum atomic E-state index is 14.1. The van der Waals surface area contributed by atoms with Crippen LogP contribution in [0.1, 0.15) is 47.3 Å². The van der Waals surface area contributed by atoms with E-state index in [0.717, 1.165) is 6.42 Å². The summed E-state index contributed by atoms with van der Waals surface area (Å²) in [6.07, 6.45) is -1.51. The summed E-state index contributed by atoms with van der Waals surface area (Å²) in [5, 5.41) is 12.7. The van der Waals surface area contributed by atoms with Crippen molar-refractivity contribution < 1.29 is 32.9 Å². The highest BCUT2D eigenvalue weighted by Gasteiger charge is 2.32. The zero-order valence-electron chi connectivity index (χ0n) is 21.4. The number of nitrogen functional groups attached to an aromatic ring is 1. The van der Waals surface area contributed by atoms with E-state index in [9.17, 15) is 18.9 Å². The Hall–Kier alpha value is -2.51. The minimum Gasteiger partial charge on any atom is -0.462 e. The summed E-state index contributed by atoms with van der Waals surface area (Å²) < 4.78 is 43.8. The van der Waals surface area contributed by atoms with Gasteiger partial charge in [0.1, 0.15) is 25.4 Å². The molecule has 202 valence electrons. The second kappa shape index (κ2) is 13.7. The van der Waals surface area contributed by atoms with Gasteiger partial charge >= 0.3 is 14.1 Å². The first-order valence-corrected chi connectivity index (χ1v) is 12.8. The summed E-state index contributed by atoms with van der Waals surface area (Å²) >= 11 is 0. The predicted molar refractivity (Wildman–Crippen MR) is 132 cm³/mol. The van der Waals surface area contributed by atoms with Crippen LogP contribution < -0.4 is 15.7 Å². The van der Waals surface area contributed by atoms with Gasteiger partial charge in [0.25, 0.3) is 0 Å². The number of aliphatic hydroxyl groups excluding tert-OH is 1. The van der Waals surface area contributed by atoms with Crippen LogP contribution in [0.2, 0.25) is 0 Å². The highest BCUT2D eigenvalue weighted by molar-refractivity contribution is 7.36. The quantitative estimate of drug-likeness (QED) is 0.226. The number of carbonyl (C=O) groups is 1. The third-order valence-corrected chi connectivity index (χ3v) is 6.00. The summed E-state index contributed by atoms with van der Waals surface area (Å²) in [5.74, 6) is -0.0994. The number of anilines is 2. The molecule has 0 radical (unpaired) electrons. The van der Waals surface area contributed by atoms with Crippen LogP contribution in [0.3, 0.4) is 0 Å². The molecule has 15 heteroatoms. The van der Waals surface area contributed by atoms with Gasteiger partial charge < -0.3 is 25.2 Å². The lowest BCUT2D eigenvalue weighted by atomic mass is 10.2. The van der Waals surface area contributed by atoms with Gasteiger partial charge in [0.2, 0.25) is 5.95 Å². The van der Waals surface area contributed by atoms with E-state index in [-0.39, 0.29) is 24.3 Å². The van der Waals surface area contributed by atoms with Crippen molar-refractivity contribution in [3.8, 4) is 0 Å². The van der Waals surface area contributed by atoms with Crippen LogP contribution in [-0.4, -0.2) is 81.8 Å². The van der Waals surface area contributed by atoms with E-state index < -0.39 is 45.3 Å². The third-order valence-electron chi connectivity index (χ3n) is 5.01. The fourth-order valence-corrected chi connectivity index (χ4v) is 4.01. The highest BCUT2D eigenvalue weighted by Crippen LogP contribution is 2.27. The Labute approximate surface area is 210 Å². The number of hydrogen-bond acceptors (Lipinski definition) is 11. The molecule has 5 atom stereocenters. The highest BCUT2D eigenvalue weighted by atomic mass is 31.1. The summed E-state index contributed by atoms with van der Waals surface area (Å²) in [6, 6.07) is -0.886. The SMILES string of the molecule is CCCN(C)c1nc(N)nc2c1ncn2[C@@H](CF)OC(CO[P+](=O)N[C@@H](C)C(=O)OC(C)C)[C@H](C)O. The molecule has 0 spiro atoms. The number of carbonyl (C=O) groups excluding carboxylic acids is 1. The molecule has 0 amide bonds. The number of fused-ring (bicyclic) bond motifs is 1. The second-order valence-electron chi connectivity index (χ2n) is 8.56. The zero-order valence-corrected chi connectivity index (χ0v) is 22.3. The van der Waals surface area contributed by atoms with Crippen LogP contribution in [0.4, 0.5) is 16.2 Å². The zero-order chi connectivity index (χ0) is 27.0. The molecule has 2 heterocycles. The Morgan fingerprint density at radius 1 is 1.33 bits per heavy atom. The Kier molecular flexibility index (Phi) is 11.3. The number of esters is 1. The summed E-state index contributed by atoms with van der Waals surface area (Å²) in [4.78, 5) is 26.5. The number of aliphatic hydroxyl groups is 1. The van der Waals surface area contributed by atoms with Crippen molar-refractivity contribution >= 4 is 37.1 Å². The molecule has 0 saturated heterocycles. The molecule has 0 fully saturated rings. The van der Waals surface area contributed by atoms with Gasteiger partial charge in [0, 0.05) is 13.6 Å². The fraction of sp³-hybridized carbons (Fsp3) is 0.714. The molecule has 2 aromatic rings. The largest absolute Gasteiger partial charge is 0.613 e. The Morgan fingerprint density at radius 3 is 2.61 bits per heavy atom. The molecular formula is C21H36FN7O6P+. The van der Waals surface area contributed by atoms with Crippen LogP contribution in [0.25, 0.3) is 11.2 Å². The molecule has 0 aromatic carbocycles. The monoisotopic (exact) mass is 532 g/mol. The molecule has 0 aliphatic carbocycles. The summed E-state index contributed by atoms with van der Waals surface area (Å²) in [7, 11) is -0.665. The van der Waals surface area contributed by atoms with Gasteiger partial charge in [0.05, 0.1) is 18.5 Å². The first-order chi connectivity index (χ1) is 17.0. The first kappa shape index (κ1) is 29.7. The molecule has 4 N–H and O–H groups in total. The topological polar surface area (TPSA) is 167 Å². The van der Waals surface area contributed by atoms with E-state index in [2.05, 4.69) is 20.0 Å². The predicted octanol–water partition coefficient (Wildman–Crippen LogP) is 2.09. The van der Waals surface area contributed by atoms with Crippen LogP contribution >= 0.6 is 8.18 Å². The number of aromatic nitrogens is 4. The third kappa shape index (κ3) is 8.00. The van der Waals surface area contributed by atoms with E-state index in [1.807, 2.05) is 18.9 Å². The lowest BCUT2D eigenvalue weighted by Gasteiger charge is -2.24. The van der Waals surface area contributed by atoms with Crippen molar-refractivity contribution in [1.29, 1.82) is 0 Å². The molecule has 13 nitrogen and oxygen atoms in total. The van der Waals surface area contributed by atoms with Crippen LogP contribution in [0.15, 0.2) is 6.33 Å². The van der Waals surface area contributed by atoms with Crippen molar-refractivity contribution in [2.24, 2.45) is 0 Å². The number of hydrogen-bond donors (Lipinski definition) is 3. The maximum Gasteiger partial charge on any atom is 0.613 e. The maximum absolute atomic E-state index is 14.1. The van der Waals surface area contributed by atoms with Crippen LogP contribution in [0, 0.1) is 0 Å². The lowest BCUT2D eigenvalue weighted by Crippen LogP contribution is -2.36. The number of nitrogens with one attached hydrogen (secondary N) is 1. The normalized spacial score (nSPS) is 15.5. The molecular weight excluding hydrogens is 496 g/mol. The van der Waals surface area contributed by atoms with Gasteiger partial charge in [-0.25, -0.2) is 9.37 Å². The fourth-order valence-electron chi connectivity index (χ4n) is 3.23. The first-order valence-electron chi connectivity index (χ1n) is 11.7. The number of ether oxygens (including phenoxy) is 2. The van der Waals surface area contributed by atoms with Gasteiger partial charge in [-0.05, 0) is 38.7 Å². The van der Waals surface area contributed by atoms with Crippen molar-refractivity contribution in [2.45, 2.75) is 71.6 Å². The van der Waals surface area contributed by atoms with Gasteiger partial charge in [-0.15, -0.1) is 4.52 Å². The van der Waals surface area contributed by atoms with E-state index in [0.29, 0.717) is 17.9 Å². The molecule has 0 saturated carbocycles. The van der Waals surface area contributed by atoms with Crippen LogP contribution in [0.5, 0.6) is 0 Å². The average Bonchev–Trinajstić information content (AvgIpc) is 3.21. The van der Waals surface area contributed by atoms with Gasteiger partial charge in [0.15, 0.2) is 23.2 Å². The number of halogens is 1. The van der Waals surface area contributed by atoms with Crippen molar-refractivity contribution in [1.82, 2.24) is 24.6 Å². The van der Waals surface area contributed by atoms with Gasteiger partial charge in [-0.3, -0.25) is 9.36 Å². The molecule has 2 unspecified atom stereocenters. The molecule has 2 rings (SSSR count). The number of alkyl halides is 1. The van der Waals surface area contributed by atoms with Gasteiger partial charge in [-0.2, -0.15) is 9.97 Å². The van der Waals surface area contributed by atoms with Crippen molar-refractivity contribution in [3.63, 3.8) is 0 Å².